The summed E-state index contributed by atoms with van der Waals surface area (Å²) in [6, 6.07) is 1.20. The number of furan rings is 1. The third-order valence-corrected chi connectivity index (χ3v) is 5.49. The molecule has 0 saturated carbocycles. The molecule has 1 saturated heterocycles. The normalized spacial score (nSPS) is 19.9. The van der Waals surface area contributed by atoms with Crippen LogP contribution in [0.1, 0.15) is 28.3 Å². The summed E-state index contributed by atoms with van der Waals surface area (Å²) in [5, 5.41) is 0. The molecule has 0 aliphatic carbocycles. The summed E-state index contributed by atoms with van der Waals surface area (Å²) >= 11 is 0. The van der Waals surface area contributed by atoms with Crippen molar-refractivity contribution < 1.29 is 27.2 Å². The van der Waals surface area contributed by atoms with Gasteiger partial charge in [0.2, 0.25) is 0 Å². The Kier molecular flexibility index (Phi) is 4.60. The lowest BCUT2D eigenvalue weighted by molar-refractivity contribution is -0.134. The minimum Gasteiger partial charge on any atom is -0.466 e. The topological polar surface area (TPSA) is 93.9 Å². The lowest BCUT2D eigenvalue weighted by Crippen LogP contribution is -2.40. The van der Waals surface area contributed by atoms with Crippen LogP contribution in [0.5, 0.6) is 0 Å². The number of sulfone groups is 1. The number of rotatable bonds is 4. The molecular formula is C14H19NO6S. The highest BCUT2D eigenvalue weighted by molar-refractivity contribution is 7.91. The fourth-order valence-electron chi connectivity index (χ4n) is 2.42. The third-order valence-electron chi connectivity index (χ3n) is 3.74. The van der Waals surface area contributed by atoms with Gasteiger partial charge in [0.05, 0.1) is 11.5 Å². The molecule has 2 heterocycles. The molecule has 0 bridgehead atoms. The molecule has 1 aromatic rings. The lowest BCUT2D eigenvalue weighted by Gasteiger charge is -2.23. The second-order valence-corrected chi connectivity index (χ2v) is 7.69. The Hall–Kier alpha value is -1.83. The van der Waals surface area contributed by atoms with E-state index >= 15 is 0 Å². The molecule has 1 aliphatic rings. The van der Waals surface area contributed by atoms with Gasteiger partial charge in [0, 0.05) is 13.1 Å². The number of carbonyl (C=O) groups excluding carboxylic acids is 2. The van der Waals surface area contributed by atoms with Crippen molar-refractivity contribution in [2.75, 3.05) is 25.2 Å². The van der Waals surface area contributed by atoms with Gasteiger partial charge in [-0.3, -0.25) is 4.79 Å². The van der Waals surface area contributed by atoms with Crippen molar-refractivity contribution in [3.8, 4) is 0 Å². The van der Waals surface area contributed by atoms with Crippen LogP contribution in [0.25, 0.3) is 0 Å². The Bertz CT molecular complexity index is 690. The molecule has 122 valence electrons. The standard InChI is InChI=1S/C14H19NO6S/c1-9-6-12(10(2)21-9)14(17)20-7-13(16)15(3)11-4-5-22(18,19)8-11/h6,11H,4-5,7-8H2,1-3H3/t11-/m1/s1. The number of aryl methyl sites for hydroxylation is 2. The molecule has 22 heavy (non-hydrogen) atoms. The minimum absolute atomic E-state index is 0.0385. The molecule has 0 unspecified atom stereocenters. The van der Waals surface area contributed by atoms with Gasteiger partial charge in [0.15, 0.2) is 16.4 Å². The fraction of sp³-hybridized carbons (Fsp3) is 0.571. The van der Waals surface area contributed by atoms with Crippen LogP contribution in [-0.4, -0.2) is 56.4 Å². The van der Waals surface area contributed by atoms with Crippen LogP contribution in [0.2, 0.25) is 0 Å². The Balaban J connectivity index is 1.90. The van der Waals surface area contributed by atoms with Gasteiger partial charge in [0.25, 0.3) is 5.91 Å². The summed E-state index contributed by atoms with van der Waals surface area (Å²) in [6.07, 6.45) is 0.415. The molecule has 7 nitrogen and oxygen atoms in total. The van der Waals surface area contributed by atoms with Crippen LogP contribution in [0, 0.1) is 13.8 Å². The first kappa shape index (κ1) is 16.5. The van der Waals surface area contributed by atoms with E-state index in [2.05, 4.69) is 0 Å². The van der Waals surface area contributed by atoms with Gasteiger partial charge in [-0.2, -0.15) is 0 Å². The lowest BCUT2D eigenvalue weighted by atomic mass is 10.2. The van der Waals surface area contributed by atoms with Crippen LogP contribution in [0.3, 0.4) is 0 Å². The average molecular weight is 329 g/mol. The summed E-state index contributed by atoms with van der Waals surface area (Å²) in [7, 11) is -1.54. The first-order chi connectivity index (χ1) is 10.2. The Labute approximate surface area is 129 Å². The SMILES string of the molecule is Cc1cc(C(=O)OCC(=O)N(C)[C@@H]2CCS(=O)(=O)C2)c(C)o1. The monoisotopic (exact) mass is 329 g/mol. The van der Waals surface area contributed by atoms with E-state index in [1.807, 2.05) is 0 Å². The van der Waals surface area contributed by atoms with Crippen molar-refractivity contribution in [2.45, 2.75) is 26.3 Å². The first-order valence-corrected chi connectivity index (χ1v) is 8.72. The number of nitrogens with zero attached hydrogens (tertiary/aromatic N) is 1. The minimum atomic E-state index is -3.07. The van der Waals surface area contributed by atoms with E-state index in [1.165, 1.54) is 11.9 Å². The number of amides is 1. The molecule has 1 amide bonds. The van der Waals surface area contributed by atoms with Crippen molar-refractivity contribution in [1.29, 1.82) is 0 Å². The molecule has 1 fully saturated rings. The molecule has 1 aliphatic heterocycles. The number of ether oxygens (including phenoxy) is 1. The van der Waals surface area contributed by atoms with Crippen LogP contribution in [-0.2, 0) is 19.4 Å². The van der Waals surface area contributed by atoms with Crippen LogP contribution in [0.15, 0.2) is 10.5 Å². The van der Waals surface area contributed by atoms with Gasteiger partial charge >= 0.3 is 5.97 Å². The predicted octanol–water partition coefficient (Wildman–Crippen LogP) is 0.699. The van der Waals surface area contributed by atoms with Crippen LogP contribution in [0.4, 0.5) is 0 Å². The molecule has 2 rings (SSSR count). The van der Waals surface area contributed by atoms with Gasteiger partial charge in [-0.1, -0.05) is 0 Å². The Morgan fingerprint density at radius 1 is 1.41 bits per heavy atom. The zero-order chi connectivity index (χ0) is 16.5. The van der Waals surface area contributed by atoms with Crippen molar-refractivity contribution in [3.63, 3.8) is 0 Å². The van der Waals surface area contributed by atoms with E-state index in [0.29, 0.717) is 17.9 Å². The Morgan fingerprint density at radius 3 is 2.59 bits per heavy atom. The van der Waals surface area contributed by atoms with E-state index in [4.69, 9.17) is 9.15 Å². The zero-order valence-corrected chi connectivity index (χ0v) is 13.6. The smallest absolute Gasteiger partial charge is 0.342 e. The van der Waals surface area contributed by atoms with E-state index < -0.39 is 28.3 Å². The largest absolute Gasteiger partial charge is 0.466 e. The van der Waals surface area contributed by atoms with E-state index in [-0.39, 0.29) is 23.1 Å². The summed E-state index contributed by atoms with van der Waals surface area (Å²) in [5.41, 5.74) is 0.288. The van der Waals surface area contributed by atoms with E-state index in [1.54, 1.807) is 19.9 Å². The second-order valence-electron chi connectivity index (χ2n) is 5.46. The number of carbonyl (C=O) groups is 2. The van der Waals surface area contributed by atoms with Crippen LogP contribution >= 0.6 is 0 Å². The molecule has 0 spiro atoms. The van der Waals surface area contributed by atoms with Crippen LogP contribution < -0.4 is 0 Å². The maximum Gasteiger partial charge on any atom is 0.342 e. The second kappa shape index (κ2) is 6.12. The summed E-state index contributed by atoms with van der Waals surface area (Å²) < 4.78 is 33.1. The fourth-order valence-corrected chi connectivity index (χ4v) is 4.20. The highest BCUT2D eigenvalue weighted by Gasteiger charge is 2.33. The summed E-state index contributed by atoms with van der Waals surface area (Å²) in [5.74, 6) is 0.0175. The quantitative estimate of drug-likeness (QED) is 0.755. The van der Waals surface area contributed by atoms with Gasteiger partial charge in [-0.15, -0.1) is 0 Å². The van der Waals surface area contributed by atoms with Gasteiger partial charge < -0.3 is 14.1 Å². The number of likely N-dealkylation sites (N-methyl/N-ethyl adjacent to an activating group) is 1. The average Bonchev–Trinajstić information content (AvgIpc) is 2.96. The van der Waals surface area contributed by atoms with E-state index in [9.17, 15) is 18.0 Å². The zero-order valence-electron chi connectivity index (χ0n) is 12.8. The highest BCUT2D eigenvalue weighted by atomic mass is 32.2. The number of esters is 1. The maximum absolute atomic E-state index is 12.0. The van der Waals surface area contributed by atoms with Gasteiger partial charge in [0.1, 0.15) is 17.1 Å². The summed E-state index contributed by atoms with van der Waals surface area (Å²) in [4.78, 5) is 25.2. The molecule has 1 atom stereocenters. The van der Waals surface area contributed by atoms with Crippen molar-refractivity contribution >= 4 is 21.7 Å². The predicted molar refractivity (Wildman–Crippen MR) is 78.3 cm³/mol. The van der Waals surface area contributed by atoms with Crippen molar-refractivity contribution in [2.24, 2.45) is 0 Å². The third kappa shape index (κ3) is 3.68. The molecule has 1 aromatic heterocycles. The Morgan fingerprint density at radius 2 is 2.09 bits per heavy atom. The van der Waals surface area contributed by atoms with Gasteiger partial charge in [-0.25, -0.2) is 13.2 Å². The van der Waals surface area contributed by atoms with Crippen molar-refractivity contribution in [3.05, 3.63) is 23.2 Å². The molecular weight excluding hydrogens is 310 g/mol. The first-order valence-electron chi connectivity index (χ1n) is 6.90. The maximum atomic E-state index is 12.0. The van der Waals surface area contributed by atoms with Gasteiger partial charge in [-0.05, 0) is 26.3 Å². The van der Waals surface area contributed by atoms with Crippen molar-refractivity contribution in [1.82, 2.24) is 4.90 Å². The summed E-state index contributed by atoms with van der Waals surface area (Å²) in [6.45, 7) is 2.93. The highest BCUT2D eigenvalue weighted by Crippen LogP contribution is 2.17. The van der Waals surface area contributed by atoms with E-state index in [0.717, 1.165) is 0 Å². The molecule has 0 N–H and O–H groups in total. The molecule has 0 radical (unpaired) electrons. The molecule has 8 heteroatoms. The molecule has 0 aromatic carbocycles. The number of hydrogen-bond acceptors (Lipinski definition) is 6. The number of hydrogen-bond donors (Lipinski definition) is 0.